The number of aliphatic hydroxyl groups is 1. The first-order chi connectivity index (χ1) is 10.8. The topological polar surface area (TPSA) is 63.7 Å². The van der Waals surface area contributed by atoms with Crippen LogP contribution in [0.2, 0.25) is 0 Å². The quantitative estimate of drug-likeness (QED) is 0.823. The van der Waals surface area contributed by atoms with Crippen LogP contribution in [0.15, 0.2) is 22.9 Å². The number of ether oxygens (including phenoxy) is 1. The van der Waals surface area contributed by atoms with Crippen molar-refractivity contribution in [2.45, 2.75) is 39.6 Å². The van der Waals surface area contributed by atoms with Crippen molar-refractivity contribution in [2.24, 2.45) is 0 Å². The highest BCUT2D eigenvalue weighted by atomic mass is 16.5. The van der Waals surface area contributed by atoms with Crippen LogP contribution < -0.4 is 0 Å². The van der Waals surface area contributed by atoms with Gasteiger partial charge in [-0.1, -0.05) is 0 Å². The van der Waals surface area contributed by atoms with Gasteiger partial charge in [0.25, 0.3) is 0 Å². The van der Waals surface area contributed by atoms with Crippen molar-refractivity contribution in [3.63, 3.8) is 0 Å². The summed E-state index contributed by atoms with van der Waals surface area (Å²) < 4.78 is 13.3. The maximum absolute atomic E-state index is 8.82. The van der Waals surface area contributed by atoms with Crippen molar-refractivity contribution in [1.82, 2.24) is 14.5 Å². The van der Waals surface area contributed by atoms with E-state index in [0.29, 0.717) is 13.2 Å². The first-order valence-electron chi connectivity index (χ1n) is 7.75. The molecule has 0 radical (unpaired) electrons. The summed E-state index contributed by atoms with van der Waals surface area (Å²) in [6, 6.07) is 4.05. The Hall–Kier alpha value is -1.63. The lowest BCUT2D eigenvalue weighted by Crippen LogP contribution is -2.23. The number of aliphatic hydroxyl groups excluding tert-OH is 1. The third-order valence-electron chi connectivity index (χ3n) is 3.93. The van der Waals surface area contributed by atoms with Gasteiger partial charge in [0, 0.05) is 19.6 Å². The van der Waals surface area contributed by atoms with E-state index >= 15 is 0 Å². The number of hydrogen-bond acceptors (Lipinski definition) is 5. The van der Waals surface area contributed by atoms with E-state index < -0.39 is 0 Å². The van der Waals surface area contributed by atoms with E-state index in [0.717, 1.165) is 49.8 Å². The molecule has 3 rings (SSSR count). The zero-order chi connectivity index (χ0) is 15.4. The van der Waals surface area contributed by atoms with E-state index in [4.69, 9.17) is 14.3 Å². The van der Waals surface area contributed by atoms with E-state index in [1.165, 1.54) is 5.69 Å². The normalized spacial score (nSPS) is 15.7. The number of aromatic nitrogens is 2. The minimum atomic E-state index is 0.0417. The molecule has 1 N–H and O–H groups in total. The fraction of sp³-hybridized carbons (Fsp3) is 0.562. The van der Waals surface area contributed by atoms with Gasteiger partial charge in [0.15, 0.2) is 0 Å². The zero-order valence-electron chi connectivity index (χ0n) is 13.0. The van der Waals surface area contributed by atoms with Crippen LogP contribution in [0.5, 0.6) is 0 Å². The SMILES string of the molecule is Cc1ccc(CN2CCCn3cnc(COCCO)c3C2)o1. The van der Waals surface area contributed by atoms with E-state index in [1.54, 1.807) is 0 Å². The lowest BCUT2D eigenvalue weighted by Gasteiger charge is -2.18. The van der Waals surface area contributed by atoms with Gasteiger partial charge in [-0.05, 0) is 25.5 Å². The van der Waals surface area contributed by atoms with E-state index in [1.807, 2.05) is 25.4 Å². The van der Waals surface area contributed by atoms with Gasteiger partial charge < -0.3 is 18.8 Å². The Kier molecular flexibility index (Phi) is 4.92. The van der Waals surface area contributed by atoms with Gasteiger partial charge in [0.05, 0.1) is 44.1 Å². The molecular formula is C16H23N3O3. The van der Waals surface area contributed by atoms with Gasteiger partial charge in [0.2, 0.25) is 0 Å². The Morgan fingerprint density at radius 3 is 3.05 bits per heavy atom. The van der Waals surface area contributed by atoms with Gasteiger partial charge in [-0.3, -0.25) is 4.90 Å². The number of nitrogens with zero attached hydrogens (tertiary/aromatic N) is 3. The summed E-state index contributed by atoms with van der Waals surface area (Å²) in [6.45, 7) is 6.50. The van der Waals surface area contributed by atoms with Crippen molar-refractivity contribution in [3.05, 3.63) is 41.4 Å². The largest absolute Gasteiger partial charge is 0.465 e. The molecule has 1 aliphatic heterocycles. The average molecular weight is 305 g/mol. The van der Waals surface area contributed by atoms with E-state index in [9.17, 15) is 0 Å². The molecule has 3 heterocycles. The number of furan rings is 1. The fourth-order valence-corrected chi connectivity index (χ4v) is 2.86. The molecule has 0 saturated carbocycles. The van der Waals surface area contributed by atoms with Crippen LogP contribution in [-0.2, 0) is 31.0 Å². The molecule has 2 aromatic heterocycles. The molecule has 6 heteroatoms. The van der Waals surface area contributed by atoms with Gasteiger partial charge in [0.1, 0.15) is 11.5 Å². The zero-order valence-corrected chi connectivity index (χ0v) is 13.0. The molecule has 120 valence electrons. The van der Waals surface area contributed by atoms with Crippen molar-refractivity contribution in [2.75, 3.05) is 19.8 Å². The minimum Gasteiger partial charge on any atom is -0.465 e. The average Bonchev–Trinajstić information content (AvgIpc) is 3.01. The van der Waals surface area contributed by atoms with Gasteiger partial charge in [-0.15, -0.1) is 0 Å². The second-order valence-corrected chi connectivity index (χ2v) is 5.68. The number of fused-ring (bicyclic) bond motifs is 1. The smallest absolute Gasteiger partial charge is 0.118 e. The molecule has 0 spiro atoms. The number of aryl methyl sites for hydroxylation is 2. The Labute approximate surface area is 130 Å². The third kappa shape index (κ3) is 3.58. The van der Waals surface area contributed by atoms with Crippen molar-refractivity contribution in [1.29, 1.82) is 0 Å². The molecule has 0 aromatic carbocycles. The maximum atomic E-state index is 8.82. The molecule has 0 fully saturated rings. The molecule has 22 heavy (non-hydrogen) atoms. The lowest BCUT2D eigenvalue weighted by atomic mass is 10.3. The van der Waals surface area contributed by atoms with Crippen LogP contribution in [0.1, 0.15) is 29.3 Å². The second-order valence-electron chi connectivity index (χ2n) is 5.68. The van der Waals surface area contributed by atoms with Gasteiger partial charge in [-0.25, -0.2) is 4.98 Å². The van der Waals surface area contributed by atoms with Crippen LogP contribution in [0.3, 0.4) is 0 Å². The van der Waals surface area contributed by atoms with Gasteiger partial charge >= 0.3 is 0 Å². The summed E-state index contributed by atoms with van der Waals surface area (Å²) in [4.78, 5) is 6.85. The highest BCUT2D eigenvalue weighted by molar-refractivity contribution is 5.14. The Bertz CT molecular complexity index is 606. The Morgan fingerprint density at radius 2 is 2.27 bits per heavy atom. The standard InChI is InChI=1S/C16H23N3O3/c1-13-3-4-14(22-13)9-18-5-2-6-19-12-17-15(16(19)10-18)11-21-8-7-20/h3-4,12,20H,2,5-11H2,1H3. The summed E-state index contributed by atoms with van der Waals surface area (Å²) >= 11 is 0. The lowest BCUT2D eigenvalue weighted by molar-refractivity contribution is 0.0789. The second kappa shape index (κ2) is 7.09. The predicted octanol–water partition coefficient (Wildman–Crippen LogP) is 1.70. The van der Waals surface area contributed by atoms with Crippen LogP contribution in [0, 0.1) is 6.92 Å². The molecule has 1 aliphatic rings. The number of imidazole rings is 1. The number of hydrogen-bond donors (Lipinski definition) is 1. The predicted molar refractivity (Wildman–Crippen MR) is 81.1 cm³/mol. The highest BCUT2D eigenvalue weighted by Crippen LogP contribution is 2.19. The summed E-state index contributed by atoms with van der Waals surface area (Å²) in [5.41, 5.74) is 2.18. The maximum Gasteiger partial charge on any atom is 0.118 e. The minimum absolute atomic E-state index is 0.0417. The summed E-state index contributed by atoms with van der Waals surface area (Å²) in [6.07, 6.45) is 2.99. The van der Waals surface area contributed by atoms with Crippen LogP contribution in [0.25, 0.3) is 0 Å². The Morgan fingerprint density at radius 1 is 1.36 bits per heavy atom. The first kappa shape index (κ1) is 15.3. The molecule has 0 amide bonds. The Balaban J connectivity index is 1.69. The summed E-state index contributed by atoms with van der Waals surface area (Å²) in [7, 11) is 0. The van der Waals surface area contributed by atoms with Crippen molar-refractivity contribution >= 4 is 0 Å². The monoisotopic (exact) mass is 305 g/mol. The third-order valence-corrected chi connectivity index (χ3v) is 3.93. The van der Waals surface area contributed by atoms with Crippen molar-refractivity contribution < 1.29 is 14.3 Å². The van der Waals surface area contributed by atoms with E-state index in [-0.39, 0.29) is 6.61 Å². The summed E-state index contributed by atoms with van der Waals surface area (Å²) in [5.74, 6) is 1.96. The molecule has 0 atom stereocenters. The molecule has 0 saturated heterocycles. The molecule has 6 nitrogen and oxygen atoms in total. The fourth-order valence-electron chi connectivity index (χ4n) is 2.86. The van der Waals surface area contributed by atoms with Crippen molar-refractivity contribution in [3.8, 4) is 0 Å². The van der Waals surface area contributed by atoms with Gasteiger partial charge in [-0.2, -0.15) is 0 Å². The van der Waals surface area contributed by atoms with Crippen LogP contribution >= 0.6 is 0 Å². The van der Waals surface area contributed by atoms with Crippen LogP contribution in [0.4, 0.5) is 0 Å². The molecule has 0 bridgehead atoms. The molecular weight excluding hydrogens is 282 g/mol. The molecule has 2 aromatic rings. The van der Waals surface area contributed by atoms with Crippen LogP contribution in [-0.4, -0.2) is 39.3 Å². The molecule has 0 unspecified atom stereocenters. The highest BCUT2D eigenvalue weighted by Gasteiger charge is 2.19. The number of rotatable bonds is 6. The first-order valence-corrected chi connectivity index (χ1v) is 7.75. The van der Waals surface area contributed by atoms with E-state index in [2.05, 4.69) is 14.5 Å². The molecule has 0 aliphatic carbocycles. The summed E-state index contributed by atoms with van der Waals surface area (Å²) in [5, 5.41) is 8.82.